The highest BCUT2D eigenvalue weighted by Crippen LogP contribution is 2.23. The summed E-state index contributed by atoms with van der Waals surface area (Å²) in [5, 5.41) is 4.16. The molecule has 0 unspecified atom stereocenters. The Morgan fingerprint density at radius 2 is 1.80 bits per heavy atom. The topological polar surface area (TPSA) is 68.4 Å². The van der Waals surface area contributed by atoms with Gasteiger partial charge in [-0.05, 0) is 69.8 Å². The highest BCUT2D eigenvalue weighted by atomic mass is 16.2. The number of benzene rings is 1. The van der Waals surface area contributed by atoms with Crippen LogP contribution in [0.3, 0.4) is 0 Å². The third kappa shape index (κ3) is 5.42. The average molecular weight is 411 g/mol. The third-order valence-electron chi connectivity index (χ3n) is 6.56. The molecular formula is C24H34N4O2. The highest BCUT2D eigenvalue weighted by Gasteiger charge is 2.26. The van der Waals surface area contributed by atoms with Gasteiger partial charge in [-0.25, -0.2) is 0 Å². The zero-order chi connectivity index (χ0) is 20.8. The second kappa shape index (κ2) is 10.1. The molecule has 0 atom stereocenters. The molecule has 2 aliphatic rings. The van der Waals surface area contributed by atoms with Crippen LogP contribution in [0.5, 0.6) is 0 Å². The van der Waals surface area contributed by atoms with Crippen LogP contribution in [-0.2, 0) is 4.79 Å². The number of piperidine rings is 2. The molecule has 0 radical (unpaired) electrons. The van der Waals surface area contributed by atoms with Gasteiger partial charge in [-0.3, -0.25) is 9.59 Å². The van der Waals surface area contributed by atoms with Gasteiger partial charge in [-0.2, -0.15) is 0 Å². The fourth-order valence-electron chi connectivity index (χ4n) is 4.75. The van der Waals surface area contributed by atoms with E-state index in [0.717, 1.165) is 56.3 Å². The van der Waals surface area contributed by atoms with Crippen molar-refractivity contribution >= 4 is 22.7 Å². The predicted octanol–water partition coefficient (Wildman–Crippen LogP) is 3.40. The SMILES string of the molecule is O=C(CC1CCN(C(=O)c2cc3ccccc3[nH]2)CC1)NCCCN1CCCCC1. The van der Waals surface area contributed by atoms with E-state index in [1.807, 2.05) is 35.2 Å². The van der Waals surface area contributed by atoms with Crippen molar-refractivity contribution < 1.29 is 9.59 Å². The first-order valence-corrected chi connectivity index (χ1v) is 11.5. The number of rotatable bonds is 7. The van der Waals surface area contributed by atoms with Gasteiger partial charge in [0.05, 0.1) is 0 Å². The first-order chi connectivity index (χ1) is 14.7. The van der Waals surface area contributed by atoms with Gasteiger partial charge in [0.1, 0.15) is 5.69 Å². The predicted molar refractivity (Wildman–Crippen MR) is 119 cm³/mol. The number of hydrogen-bond donors (Lipinski definition) is 2. The maximum atomic E-state index is 12.8. The lowest BCUT2D eigenvalue weighted by molar-refractivity contribution is -0.122. The minimum atomic E-state index is 0.0619. The van der Waals surface area contributed by atoms with Gasteiger partial charge >= 0.3 is 0 Å². The van der Waals surface area contributed by atoms with Gasteiger partial charge in [0, 0.05) is 37.0 Å². The molecule has 30 heavy (non-hydrogen) atoms. The van der Waals surface area contributed by atoms with Crippen LogP contribution in [0.1, 0.15) is 55.4 Å². The largest absolute Gasteiger partial charge is 0.356 e. The number of para-hydroxylation sites is 1. The standard InChI is InChI=1S/C24H34N4O2/c29-23(25-11-6-14-27-12-4-1-5-13-27)17-19-9-15-28(16-10-19)24(30)22-18-20-7-2-3-8-21(20)26-22/h2-3,7-8,18-19,26H,1,4-6,9-17H2,(H,25,29). The van der Waals surface area contributed by atoms with Crippen LogP contribution in [0.4, 0.5) is 0 Å². The number of carbonyl (C=O) groups excluding carboxylic acids is 2. The number of aromatic nitrogens is 1. The smallest absolute Gasteiger partial charge is 0.270 e. The minimum absolute atomic E-state index is 0.0619. The summed E-state index contributed by atoms with van der Waals surface area (Å²) in [6.45, 7) is 5.73. The summed E-state index contributed by atoms with van der Waals surface area (Å²) in [6.07, 6.45) is 7.39. The number of amides is 2. The third-order valence-corrected chi connectivity index (χ3v) is 6.56. The molecule has 2 N–H and O–H groups in total. The van der Waals surface area contributed by atoms with Gasteiger partial charge in [-0.1, -0.05) is 24.6 Å². The van der Waals surface area contributed by atoms with E-state index in [4.69, 9.17) is 0 Å². The van der Waals surface area contributed by atoms with Gasteiger partial charge in [-0.15, -0.1) is 0 Å². The van der Waals surface area contributed by atoms with Gasteiger partial charge < -0.3 is 20.1 Å². The summed E-state index contributed by atoms with van der Waals surface area (Å²) < 4.78 is 0. The first-order valence-electron chi connectivity index (χ1n) is 11.5. The number of H-pyrrole nitrogens is 1. The molecule has 6 nitrogen and oxygen atoms in total. The summed E-state index contributed by atoms with van der Waals surface area (Å²) in [5.41, 5.74) is 1.65. The molecular weight excluding hydrogens is 376 g/mol. The van der Waals surface area contributed by atoms with Crippen molar-refractivity contribution in [2.24, 2.45) is 5.92 Å². The molecule has 2 fully saturated rings. The van der Waals surface area contributed by atoms with Crippen LogP contribution in [0.2, 0.25) is 0 Å². The maximum absolute atomic E-state index is 12.8. The van der Waals surface area contributed by atoms with E-state index in [2.05, 4.69) is 15.2 Å². The summed E-state index contributed by atoms with van der Waals surface area (Å²) in [6, 6.07) is 9.89. The molecule has 0 aliphatic carbocycles. The molecule has 4 rings (SSSR count). The van der Waals surface area contributed by atoms with Gasteiger partial charge in [0.2, 0.25) is 5.91 Å². The van der Waals surface area contributed by atoms with Crippen LogP contribution in [0, 0.1) is 5.92 Å². The monoisotopic (exact) mass is 410 g/mol. The van der Waals surface area contributed by atoms with Crippen molar-refractivity contribution in [1.82, 2.24) is 20.1 Å². The molecule has 1 aromatic carbocycles. The molecule has 2 saturated heterocycles. The summed E-state index contributed by atoms with van der Waals surface area (Å²) in [5.74, 6) is 0.597. The molecule has 0 bridgehead atoms. The Morgan fingerprint density at radius 1 is 1.03 bits per heavy atom. The Labute approximate surface area is 179 Å². The zero-order valence-electron chi connectivity index (χ0n) is 17.9. The van der Waals surface area contributed by atoms with Crippen LogP contribution >= 0.6 is 0 Å². The lowest BCUT2D eigenvalue weighted by Crippen LogP contribution is -2.40. The highest BCUT2D eigenvalue weighted by molar-refractivity contribution is 5.98. The van der Waals surface area contributed by atoms with Crippen molar-refractivity contribution in [3.05, 3.63) is 36.0 Å². The number of likely N-dealkylation sites (tertiary alicyclic amines) is 2. The lowest BCUT2D eigenvalue weighted by atomic mass is 9.93. The summed E-state index contributed by atoms with van der Waals surface area (Å²) in [4.78, 5) is 32.8. The Kier molecular flexibility index (Phi) is 7.05. The minimum Gasteiger partial charge on any atom is -0.356 e. The molecule has 0 saturated carbocycles. The van der Waals surface area contributed by atoms with Crippen LogP contribution in [-0.4, -0.2) is 65.9 Å². The van der Waals surface area contributed by atoms with Crippen LogP contribution in [0.25, 0.3) is 10.9 Å². The summed E-state index contributed by atoms with van der Waals surface area (Å²) >= 11 is 0. The van der Waals surface area contributed by atoms with Crippen molar-refractivity contribution in [1.29, 1.82) is 0 Å². The number of nitrogens with zero attached hydrogens (tertiary/aromatic N) is 2. The Morgan fingerprint density at radius 3 is 2.57 bits per heavy atom. The molecule has 2 aliphatic heterocycles. The summed E-state index contributed by atoms with van der Waals surface area (Å²) in [7, 11) is 0. The van der Waals surface area contributed by atoms with E-state index in [1.165, 1.54) is 32.4 Å². The molecule has 1 aromatic heterocycles. The Hall–Kier alpha value is -2.34. The number of hydrogen-bond acceptors (Lipinski definition) is 3. The fourth-order valence-corrected chi connectivity index (χ4v) is 4.75. The van der Waals surface area contributed by atoms with Gasteiger partial charge in [0.25, 0.3) is 5.91 Å². The lowest BCUT2D eigenvalue weighted by Gasteiger charge is -2.31. The molecule has 162 valence electrons. The van der Waals surface area contributed by atoms with Crippen LogP contribution < -0.4 is 5.32 Å². The number of fused-ring (bicyclic) bond motifs is 1. The van der Waals surface area contributed by atoms with E-state index >= 15 is 0 Å². The number of carbonyl (C=O) groups is 2. The van der Waals surface area contributed by atoms with Crippen LogP contribution in [0.15, 0.2) is 30.3 Å². The molecule has 0 spiro atoms. The van der Waals surface area contributed by atoms with E-state index in [1.54, 1.807) is 0 Å². The van der Waals surface area contributed by atoms with Crippen molar-refractivity contribution in [3.8, 4) is 0 Å². The number of nitrogens with one attached hydrogen (secondary N) is 2. The second-order valence-corrected chi connectivity index (χ2v) is 8.82. The average Bonchev–Trinajstić information content (AvgIpc) is 3.22. The molecule has 6 heteroatoms. The quantitative estimate of drug-likeness (QED) is 0.688. The molecule has 2 aromatic rings. The van der Waals surface area contributed by atoms with E-state index < -0.39 is 0 Å². The Balaban J connectivity index is 1.15. The van der Waals surface area contributed by atoms with Gasteiger partial charge in [0.15, 0.2) is 0 Å². The van der Waals surface area contributed by atoms with E-state index in [-0.39, 0.29) is 11.8 Å². The zero-order valence-corrected chi connectivity index (χ0v) is 17.9. The second-order valence-electron chi connectivity index (χ2n) is 8.82. The van der Waals surface area contributed by atoms with E-state index in [0.29, 0.717) is 18.0 Å². The number of aromatic amines is 1. The van der Waals surface area contributed by atoms with Crippen molar-refractivity contribution in [3.63, 3.8) is 0 Å². The maximum Gasteiger partial charge on any atom is 0.270 e. The van der Waals surface area contributed by atoms with Crippen molar-refractivity contribution in [2.45, 2.75) is 44.9 Å². The van der Waals surface area contributed by atoms with Crippen molar-refractivity contribution in [2.75, 3.05) is 39.3 Å². The first kappa shape index (κ1) is 20.9. The molecule has 3 heterocycles. The normalized spacial score (nSPS) is 18.6. The molecule has 2 amide bonds. The van der Waals surface area contributed by atoms with E-state index in [9.17, 15) is 9.59 Å². The Bertz CT molecular complexity index is 815. The fraction of sp³-hybridized carbons (Fsp3) is 0.583.